The van der Waals surface area contributed by atoms with Gasteiger partial charge in [0.05, 0.1) is 0 Å². The molecule has 0 saturated carbocycles. The van der Waals surface area contributed by atoms with Gasteiger partial charge in [0.1, 0.15) is 5.65 Å². The van der Waals surface area contributed by atoms with E-state index in [1.165, 1.54) is 0 Å². The van der Waals surface area contributed by atoms with Crippen LogP contribution in [0.25, 0.3) is 22.2 Å². The Morgan fingerprint density at radius 3 is 2.87 bits per heavy atom. The molecule has 4 rings (SSSR count). The summed E-state index contributed by atoms with van der Waals surface area (Å²) in [5.74, 6) is -0.0433. The zero-order valence-electron chi connectivity index (χ0n) is 12.2. The van der Waals surface area contributed by atoms with Gasteiger partial charge >= 0.3 is 0 Å². The van der Waals surface area contributed by atoms with E-state index in [1.54, 1.807) is 49.1 Å². The smallest absolute Gasteiger partial charge is 0.195 e. The third-order valence-electron chi connectivity index (χ3n) is 3.74. The third-order valence-corrected chi connectivity index (χ3v) is 3.74. The van der Waals surface area contributed by atoms with Crippen molar-refractivity contribution in [1.29, 1.82) is 0 Å². The van der Waals surface area contributed by atoms with Gasteiger partial charge in [-0.2, -0.15) is 0 Å². The molecule has 109 valence electrons. The van der Waals surface area contributed by atoms with Gasteiger partial charge in [-0.3, -0.25) is 9.78 Å². The average Bonchev–Trinajstić information content (AvgIpc) is 3.05. The number of fused-ring (bicyclic) bond motifs is 1. The van der Waals surface area contributed by atoms with Gasteiger partial charge in [0.15, 0.2) is 5.78 Å². The first kappa shape index (κ1) is 13.4. The topological polar surface area (TPSA) is 58.6 Å². The van der Waals surface area contributed by atoms with Crippen molar-refractivity contribution in [1.82, 2.24) is 15.0 Å². The SMILES string of the molecule is O=C(c1c[c]ccc1)c1c[nH]c2ncc(-c3cccnc3)cc12. The van der Waals surface area contributed by atoms with Crippen LogP contribution in [-0.4, -0.2) is 20.7 Å². The number of aromatic nitrogens is 3. The molecule has 0 fully saturated rings. The highest BCUT2D eigenvalue weighted by Crippen LogP contribution is 2.25. The molecule has 4 aromatic rings. The molecule has 0 saturated heterocycles. The zero-order chi connectivity index (χ0) is 15.6. The van der Waals surface area contributed by atoms with E-state index in [0.29, 0.717) is 16.8 Å². The maximum atomic E-state index is 12.7. The highest BCUT2D eigenvalue weighted by Gasteiger charge is 2.15. The number of ketones is 1. The first-order chi connectivity index (χ1) is 11.3. The van der Waals surface area contributed by atoms with E-state index >= 15 is 0 Å². The summed E-state index contributed by atoms with van der Waals surface area (Å²) < 4.78 is 0. The highest BCUT2D eigenvalue weighted by molar-refractivity contribution is 6.16. The van der Waals surface area contributed by atoms with E-state index in [2.05, 4.69) is 21.0 Å². The van der Waals surface area contributed by atoms with Crippen molar-refractivity contribution in [3.05, 3.63) is 84.4 Å². The molecule has 0 aliphatic heterocycles. The lowest BCUT2D eigenvalue weighted by molar-refractivity contribution is 0.104. The number of nitrogens with zero attached hydrogens (tertiary/aromatic N) is 2. The fourth-order valence-electron chi connectivity index (χ4n) is 2.57. The van der Waals surface area contributed by atoms with Crippen LogP contribution in [-0.2, 0) is 0 Å². The van der Waals surface area contributed by atoms with E-state index in [1.807, 2.05) is 18.2 Å². The molecule has 4 nitrogen and oxygen atoms in total. The molecular formula is C19H12N3O. The summed E-state index contributed by atoms with van der Waals surface area (Å²) in [6.45, 7) is 0. The number of aromatic amines is 1. The predicted octanol–water partition coefficient (Wildman–Crippen LogP) is 3.66. The zero-order valence-corrected chi connectivity index (χ0v) is 12.2. The Balaban J connectivity index is 1.84. The van der Waals surface area contributed by atoms with Gasteiger partial charge in [-0.25, -0.2) is 4.98 Å². The second-order valence-corrected chi connectivity index (χ2v) is 5.19. The Morgan fingerprint density at radius 2 is 2.09 bits per heavy atom. The lowest BCUT2D eigenvalue weighted by Gasteiger charge is -2.02. The quantitative estimate of drug-likeness (QED) is 0.587. The number of H-pyrrole nitrogens is 1. The predicted molar refractivity (Wildman–Crippen MR) is 88.0 cm³/mol. The maximum Gasteiger partial charge on any atom is 0.195 e. The van der Waals surface area contributed by atoms with Crippen LogP contribution in [0.4, 0.5) is 0 Å². The summed E-state index contributed by atoms with van der Waals surface area (Å²) in [5, 5.41) is 0.806. The van der Waals surface area contributed by atoms with E-state index < -0.39 is 0 Å². The van der Waals surface area contributed by atoms with E-state index in [4.69, 9.17) is 0 Å². The largest absolute Gasteiger partial charge is 0.345 e. The molecule has 1 aromatic carbocycles. The van der Waals surface area contributed by atoms with Crippen LogP contribution in [0, 0.1) is 6.07 Å². The maximum absolute atomic E-state index is 12.7. The van der Waals surface area contributed by atoms with Crippen LogP contribution < -0.4 is 0 Å². The molecule has 0 atom stereocenters. The molecule has 3 aromatic heterocycles. The van der Waals surface area contributed by atoms with Gasteiger partial charge in [-0.1, -0.05) is 24.3 Å². The Labute approximate surface area is 132 Å². The van der Waals surface area contributed by atoms with Gasteiger partial charge in [-0.15, -0.1) is 0 Å². The summed E-state index contributed by atoms with van der Waals surface area (Å²) in [7, 11) is 0. The molecule has 0 aliphatic carbocycles. The molecule has 0 unspecified atom stereocenters. The second kappa shape index (κ2) is 5.50. The molecule has 0 bridgehead atoms. The van der Waals surface area contributed by atoms with Crippen LogP contribution in [0.15, 0.2) is 67.3 Å². The lowest BCUT2D eigenvalue weighted by Crippen LogP contribution is -1.99. The second-order valence-electron chi connectivity index (χ2n) is 5.19. The number of nitrogens with one attached hydrogen (secondary N) is 1. The van der Waals surface area contributed by atoms with Crippen molar-refractivity contribution < 1.29 is 4.79 Å². The van der Waals surface area contributed by atoms with Gasteiger partial charge < -0.3 is 4.98 Å². The Kier molecular flexibility index (Phi) is 3.20. The molecule has 0 aliphatic rings. The first-order valence-corrected chi connectivity index (χ1v) is 7.21. The number of benzene rings is 1. The van der Waals surface area contributed by atoms with Gasteiger partial charge in [0, 0.05) is 52.4 Å². The van der Waals surface area contributed by atoms with Crippen LogP contribution in [0.2, 0.25) is 0 Å². The molecule has 0 spiro atoms. The number of carbonyl (C=O) groups excluding carboxylic acids is 1. The molecule has 1 radical (unpaired) electrons. The molecule has 3 heterocycles. The first-order valence-electron chi connectivity index (χ1n) is 7.21. The summed E-state index contributed by atoms with van der Waals surface area (Å²) in [5.41, 5.74) is 3.81. The van der Waals surface area contributed by atoms with Gasteiger partial charge in [0.2, 0.25) is 0 Å². The normalized spacial score (nSPS) is 10.8. The minimum Gasteiger partial charge on any atom is -0.345 e. The lowest BCUT2D eigenvalue weighted by atomic mass is 10.0. The van der Waals surface area contributed by atoms with Crippen molar-refractivity contribution in [2.24, 2.45) is 0 Å². The van der Waals surface area contributed by atoms with Crippen LogP contribution in [0.1, 0.15) is 15.9 Å². The van der Waals surface area contributed by atoms with E-state index in [-0.39, 0.29) is 5.78 Å². The number of pyridine rings is 2. The van der Waals surface area contributed by atoms with Crippen molar-refractivity contribution in [2.75, 3.05) is 0 Å². The Morgan fingerprint density at radius 1 is 1.13 bits per heavy atom. The Hall–Kier alpha value is -3.27. The number of rotatable bonds is 3. The van der Waals surface area contributed by atoms with Crippen LogP contribution >= 0.6 is 0 Å². The molecule has 0 amide bonds. The van der Waals surface area contributed by atoms with Crippen LogP contribution in [0.3, 0.4) is 0 Å². The minimum atomic E-state index is -0.0433. The van der Waals surface area contributed by atoms with E-state index in [9.17, 15) is 4.79 Å². The minimum absolute atomic E-state index is 0.0433. The summed E-state index contributed by atoms with van der Waals surface area (Å²) in [6.07, 6.45) is 7.00. The molecule has 4 heteroatoms. The average molecular weight is 298 g/mol. The van der Waals surface area contributed by atoms with Crippen molar-refractivity contribution in [3.8, 4) is 11.1 Å². The summed E-state index contributed by atoms with van der Waals surface area (Å²) >= 11 is 0. The summed E-state index contributed by atoms with van der Waals surface area (Å²) in [4.78, 5) is 24.3. The number of hydrogen-bond acceptors (Lipinski definition) is 3. The third kappa shape index (κ3) is 2.40. The number of hydrogen-bond donors (Lipinski definition) is 1. The fraction of sp³-hybridized carbons (Fsp3) is 0. The van der Waals surface area contributed by atoms with Crippen LogP contribution in [0.5, 0.6) is 0 Å². The molecule has 23 heavy (non-hydrogen) atoms. The van der Waals surface area contributed by atoms with Crippen molar-refractivity contribution in [3.63, 3.8) is 0 Å². The number of carbonyl (C=O) groups is 1. The standard InChI is InChI=1S/C19H12N3O/c23-18(13-5-2-1-3-6-13)17-12-22-19-16(17)9-15(11-21-19)14-7-4-8-20-10-14/h1-2,4-12H,(H,21,22). The molecular weight excluding hydrogens is 286 g/mol. The fourth-order valence-corrected chi connectivity index (χ4v) is 2.57. The molecule has 1 N–H and O–H groups in total. The highest BCUT2D eigenvalue weighted by atomic mass is 16.1. The van der Waals surface area contributed by atoms with Crippen molar-refractivity contribution in [2.45, 2.75) is 0 Å². The van der Waals surface area contributed by atoms with Crippen molar-refractivity contribution >= 4 is 16.8 Å². The summed E-state index contributed by atoms with van der Waals surface area (Å²) in [6, 6.07) is 15.8. The van der Waals surface area contributed by atoms with E-state index in [0.717, 1.165) is 16.5 Å². The Bertz CT molecular complexity index is 975. The van der Waals surface area contributed by atoms with Gasteiger partial charge in [-0.05, 0) is 24.3 Å². The monoisotopic (exact) mass is 298 g/mol. The van der Waals surface area contributed by atoms with Gasteiger partial charge in [0.25, 0.3) is 0 Å².